The summed E-state index contributed by atoms with van der Waals surface area (Å²) < 4.78 is 27.5. The highest BCUT2D eigenvalue weighted by Gasteiger charge is 2.28. The van der Waals surface area contributed by atoms with Crippen LogP contribution in [0.3, 0.4) is 0 Å². The first kappa shape index (κ1) is 25.4. The predicted octanol–water partition coefficient (Wildman–Crippen LogP) is 5.71. The third-order valence-corrected chi connectivity index (χ3v) is 8.85. The summed E-state index contributed by atoms with van der Waals surface area (Å²) in [5, 5.41) is 2.25. The quantitative estimate of drug-likeness (QED) is 0.355. The number of thiophene rings is 1. The molecule has 0 aliphatic heterocycles. The molecule has 1 aromatic heterocycles. The van der Waals surface area contributed by atoms with Gasteiger partial charge in [0.05, 0.1) is 15.5 Å². The van der Waals surface area contributed by atoms with Gasteiger partial charge in [0, 0.05) is 37.0 Å². The summed E-state index contributed by atoms with van der Waals surface area (Å²) in [6.45, 7) is 6.68. The molecule has 5 nitrogen and oxygen atoms in total. The van der Waals surface area contributed by atoms with Crippen molar-refractivity contribution in [3.63, 3.8) is 0 Å². The zero-order valence-corrected chi connectivity index (χ0v) is 21.5. The highest BCUT2D eigenvalue weighted by Crippen LogP contribution is 2.26. The second-order valence-corrected chi connectivity index (χ2v) is 11.2. The van der Waals surface area contributed by atoms with E-state index in [1.807, 2.05) is 48.7 Å². The smallest absolute Gasteiger partial charge is 0.255 e. The molecule has 8 heteroatoms. The standard InChI is InChI=1S/C25H29ClN2O3S2/c1-4-27(5-2)33(30,31)22-13-14-24(26)23(17-22)25(29)28(18-20-10-7-6-8-11-20)19(3)16-21-12-9-15-32-21/h6-15,17,19H,4-5,16,18H2,1-3H3/t19-/m1/s1. The van der Waals surface area contributed by atoms with Crippen LogP contribution in [0.5, 0.6) is 0 Å². The maximum Gasteiger partial charge on any atom is 0.255 e. The van der Waals surface area contributed by atoms with E-state index in [0.717, 1.165) is 5.56 Å². The maximum absolute atomic E-state index is 13.8. The van der Waals surface area contributed by atoms with Gasteiger partial charge in [-0.15, -0.1) is 11.3 Å². The summed E-state index contributed by atoms with van der Waals surface area (Å²) in [7, 11) is -3.71. The largest absolute Gasteiger partial charge is 0.331 e. The summed E-state index contributed by atoms with van der Waals surface area (Å²) in [6.07, 6.45) is 0.700. The fourth-order valence-corrected chi connectivity index (χ4v) is 6.24. The number of nitrogens with zero attached hydrogens (tertiary/aromatic N) is 2. The Balaban J connectivity index is 1.99. The van der Waals surface area contributed by atoms with Gasteiger partial charge >= 0.3 is 0 Å². The van der Waals surface area contributed by atoms with Gasteiger partial charge in [-0.2, -0.15) is 4.31 Å². The van der Waals surface area contributed by atoms with Crippen LogP contribution < -0.4 is 0 Å². The molecule has 0 aliphatic carbocycles. The van der Waals surface area contributed by atoms with Crippen LogP contribution in [0.2, 0.25) is 5.02 Å². The van der Waals surface area contributed by atoms with Gasteiger partial charge in [-0.25, -0.2) is 8.42 Å². The summed E-state index contributed by atoms with van der Waals surface area (Å²) in [6, 6.07) is 18.1. The number of hydrogen-bond acceptors (Lipinski definition) is 4. The molecule has 0 saturated carbocycles. The number of halogens is 1. The number of carbonyl (C=O) groups is 1. The Hall–Kier alpha value is -2.19. The molecule has 0 saturated heterocycles. The Morgan fingerprint density at radius 2 is 1.73 bits per heavy atom. The summed E-state index contributed by atoms with van der Waals surface area (Å²) >= 11 is 8.08. The van der Waals surface area contributed by atoms with Crippen molar-refractivity contribution in [3.05, 3.63) is 87.1 Å². The molecule has 0 bridgehead atoms. The third kappa shape index (κ3) is 6.03. The molecule has 176 valence electrons. The van der Waals surface area contributed by atoms with Gasteiger partial charge in [-0.05, 0) is 42.1 Å². The molecule has 1 heterocycles. The SMILES string of the molecule is CCN(CC)S(=O)(=O)c1ccc(Cl)c(C(=O)N(Cc2ccccc2)[C@H](C)Cc2cccs2)c1. The van der Waals surface area contributed by atoms with Crippen molar-refractivity contribution in [2.24, 2.45) is 0 Å². The van der Waals surface area contributed by atoms with E-state index in [-0.39, 0.29) is 27.4 Å². The Morgan fingerprint density at radius 1 is 1.03 bits per heavy atom. The zero-order chi connectivity index (χ0) is 24.0. The van der Waals surface area contributed by atoms with Gasteiger partial charge in [0.25, 0.3) is 5.91 Å². The number of rotatable bonds is 10. The van der Waals surface area contributed by atoms with Crippen LogP contribution in [0.4, 0.5) is 0 Å². The maximum atomic E-state index is 13.8. The molecule has 2 aromatic carbocycles. The van der Waals surface area contributed by atoms with Crippen molar-refractivity contribution in [1.29, 1.82) is 0 Å². The lowest BCUT2D eigenvalue weighted by atomic mass is 10.1. The lowest BCUT2D eigenvalue weighted by molar-refractivity contribution is 0.0676. The van der Waals surface area contributed by atoms with Crippen LogP contribution in [-0.2, 0) is 23.0 Å². The second-order valence-electron chi connectivity index (χ2n) is 7.78. The van der Waals surface area contributed by atoms with E-state index in [1.165, 1.54) is 27.4 Å². The van der Waals surface area contributed by atoms with Crippen LogP contribution >= 0.6 is 22.9 Å². The van der Waals surface area contributed by atoms with E-state index in [2.05, 4.69) is 6.07 Å². The molecular weight excluding hydrogens is 476 g/mol. The van der Waals surface area contributed by atoms with E-state index in [1.54, 1.807) is 30.1 Å². The first-order valence-corrected chi connectivity index (χ1v) is 13.6. The Kier molecular flexibility index (Phi) is 8.70. The van der Waals surface area contributed by atoms with E-state index >= 15 is 0 Å². The van der Waals surface area contributed by atoms with E-state index < -0.39 is 10.0 Å². The van der Waals surface area contributed by atoms with Gasteiger partial charge in [0.1, 0.15) is 0 Å². The predicted molar refractivity (Wildman–Crippen MR) is 135 cm³/mol. The Bertz CT molecular complexity index is 1160. The number of carbonyl (C=O) groups excluding carboxylic acids is 1. The molecule has 0 fully saturated rings. The monoisotopic (exact) mass is 504 g/mol. The molecule has 33 heavy (non-hydrogen) atoms. The molecule has 1 atom stereocenters. The van der Waals surface area contributed by atoms with E-state index in [4.69, 9.17) is 11.6 Å². The third-order valence-electron chi connectivity index (χ3n) is 5.58. The van der Waals surface area contributed by atoms with Gasteiger partial charge in [0.2, 0.25) is 10.0 Å². The average molecular weight is 505 g/mol. The highest BCUT2D eigenvalue weighted by atomic mass is 35.5. The highest BCUT2D eigenvalue weighted by molar-refractivity contribution is 7.89. The summed E-state index contributed by atoms with van der Waals surface area (Å²) in [5.41, 5.74) is 1.19. The van der Waals surface area contributed by atoms with Gasteiger partial charge in [0.15, 0.2) is 0 Å². The van der Waals surface area contributed by atoms with E-state index in [9.17, 15) is 13.2 Å². The van der Waals surface area contributed by atoms with Gasteiger partial charge in [-0.1, -0.05) is 61.8 Å². The fraction of sp³-hybridized carbons (Fsp3) is 0.320. The molecule has 3 rings (SSSR count). The Labute approximate surface area is 205 Å². The minimum atomic E-state index is -3.71. The topological polar surface area (TPSA) is 57.7 Å². The minimum Gasteiger partial charge on any atom is -0.331 e. The van der Waals surface area contributed by atoms with Crippen LogP contribution in [0.1, 0.15) is 41.6 Å². The van der Waals surface area contributed by atoms with Crippen molar-refractivity contribution < 1.29 is 13.2 Å². The molecule has 0 aliphatic rings. The molecule has 3 aromatic rings. The van der Waals surface area contributed by atoms with Crippen LogP contribution in [0, 0.1) is 0 Å². The summed E-state index contributed by atoms with van der Waals surface area (Å²) in [4.78, 5) is 16.8. The van der Waals surface area contributed by atoms with Crippen molar-refractivity contribution in [1.82, 2.24) is 9.21 Å². The van der Waals surface area contributed by atoms with Crippen LogP contribution in [0.15, 0.2) is 70.9 Å². The lowest BCUT2D eigenvalue weighted by Crippen LogP contribution is -2.39. The fourth-order valence-electron chi connectivity index (χ4n) is 3.73. The molecule has 0 N–H and O–H groups in total. The molecule has 0 radical (unpaired) electrons. The van der Waals surface area contributed by atoms with Crippen LogP contribution in [0.25, 0.3) is 0 Å². The van der Waals surface area contributed by atoms with Crippen molar-refractivity contribution in [2.75, 3.05) is 13.1 Å². The van der Waals surface area contributed by atoms with E-state index in [0.29, 0.717) is 26.1 Å². The number of sulfonamides is 1. The average Bonchev–Trinajstić information content (AvgIpc) is 3.31. The van der Waals surface area contributed by atoms with Gasteiger partial charge in [-0.3, -0.25) is 4.79 Å². The second kappa shape index (κ2) is 11.3. The Morgan fingerprint density at radius 3 is 2.33 bits per heavy atom. The molecule has 0 spiro atoms. The normalized spacial score (nSPS) is 12.6. The van der Waals surface area contributed by atoms with Crippen molar-refractivity contribution in [2.45, 2.75) is 44.7 Å². The zero-order valence-electron chi connectivity index (χ0n) is 19.1. The molecule has 1 amide bonds. The number of hydrogen-bond donors (Lipinski definition) is 0. The van der Waals surface area contributed by atoms with Gasteiger partial charge < -0.3 is 4.90 Å². The molecular formula is C25H29ClN2O3S2. The van der Waals surface area contributed by atoms with Crippen molar-refractivity contribution in [3.8, 4) is 0 Å². The molecule has 0 unspecified atom stereocenters. The number of amides is 1. The number of benzene rings is 2. The first-order chi connectivity index (χ1) is 15.8. The van der Waals surface area contributed by atoms with Crippen molar-refractivity contribution >= 4 is 38.9 Å². The minimum absolute atomic E-state index is 0.0736. The first-order valence-electron chi connectivity index (χ1n) is 10.9. The summed E-state index contributed by atoms with van der Waals surface area (Å²) in [5.74, 6) is -0.287. The lowest BCUT2D eigenvalue weighted by Gasteiger charge is -2.30. The van der Waals surface area contributed by atoms with Crippen LogP contribution in [-0.4, -0.2) is 42.7 Å².